The number of benzene rings is 1. The number of unbranched alkanes of at least 4 members (excludes halogenated alkanes) is 4. The molecule has 0 unspecified atom stereocenters. The summed E-state index contributed by atoms with van der Waals surface area (Å²) in [6.45, 7) is 18.9. The zero-order valence-corrected chi connectivity index (χ0v) is 23.2. The Bertz CT molecular complexity index is 703. The zero-order valence-electron chi connectivity index (χ0n) is 23.2. The molecule has 1 heterocycles. The van der Waals surface area contributed by atoms with Crippen LogP contribution in [0.2, 0.25) is 0 Å². The monoisotopic (exact) mass is 488 g/mol. The number of nitrogens with one attached hydrogen (secondary N) is 1. The lowest BCUT2D eigenvalue weighted by Gasteiger charge is -2.36. The molecule has 1 fully saturated rings. The van der Waals surface area contributed by atoms with E-state index >= 15 is 0 Å². The van der Waals surface area contributed by atoms with Gasteiger partial charge in [-0.25, -0.2) is 4.79 Å². The molecule has 0 spiro atoms. The van der Waals surface area contributed by atoms with Crippen LogP contribution in [0.15, 0.2) is 18.2 Å². The molecule has 1 aliphatic rings. The molecule has 2 rings (SSSR count). The normalized spacial score (nSPS) is 15.2. The lowest BCUT2D eigenvalue weighted by molar-refractivity contribution is 0.116. The number of urea groups is 1. The molecule has 1 aromatic rings. The maximum Gasteiger partial charge on any atom is 0.321 e. The van der Waals surface area contributed by atoms with E-state index in [1.54, 1.807) is 0 Å². The molecular weight excluding hydrogens is 436 g/mol. The summed E-state index contributed by atoms with van der Waals surface area (Å²) in [5, 5.41) is 12.4. The third-order valence-electron chi connectivity index (χ3n) is 7.21. The summed E-state index contributed by atoms with van der Waals surface area (Å²) in [6.07, 6.45) is 6.84. The van der Waals surface area contributed by atoms with Crippen LogP contribution in [0.3, 0.4) is 0 Å². The van der Waals surface area contributed by atoms with Crippen LogP contribution in [-0.2, 0) is 0 Å². The quantitative estimate of drug-likeness (QED) is 0.309. The maximum atomic E-state index is 13.6. The molecule has 35 heavy (non-hydrogen) atoms. The predicted octanol–water partition coefficient (Wildman–Crippen LogP) is 5.74. The number of nitrogens with zero attached hydrogens (tertiary/aromatic N) is 3. The van der Waals surface area contributed by atoms with Crippen LogP contribution in [0.25, 0.3) is 0 Å². The van der Waals surface area contributed by atoms with Crippen LogP contribution in [0.5, 0.6) is 0 Å². The van der Waals surface area contributed by atoms with Gasteiger partial charge in [0, 0.05) is 64.7 Å². The van der Waals surface area contributed by atoms with Gasteiger partial charge in [0.25, 0.3) is 0 Å². The number of para-hydroxylation sites is 1. The highest BCUT2D eigenvalue weighted by Crippen LogP contribution is 2.32. The van der Waals surface area contributed by atoms with Gasteiger partial charge in [-0.2, -0.15) is 0 Å². The fourth-order valence-electron chi connectivity index (χ4n) is 4.90. The minimum atomic E-state index is 0.0390. The number of piperazine rings is 1. The molecule has 0 atom stereocenters. The van der Waals surface area contributed by atoms with Crippen molar-refractivity contribution >= 4 is 11.7 Å². The van der Waals surface area contributed by atoms with Gasteiger partial charge < -0.3 is 20.2 Å². The summed E-state index contributed by atoms with van der Waals surface area (Å²) in [6, 6.07) is 6.46. The van der Waals surface area contributed by atoms with Crippen molar-refractivity contribution in [1.29, 1.82) is 0 Å². The van der Waals surface area contributed by atoms with E-state index in [0.29, 0.717) is 11.8 Å². The smallest absolute Gasteiger partial charge is 0.321 e. The summed E-state index contributed by atoms with van der Waals surface area (Å²) >= 11 is 0. The van der Waals surface area contributed by atoms with Crippen molar-refractivity contribution in [3.63, 3.8) is 0 Å². The van der Waals surface area contributed by atoms with E-state index in [-0.39, 0.29) is 12.6 Å². The van der Waals surface area contributed by atoms with Gasteiger partial charge >= 0.3 is 6.03 Å². The number of carbonyl (C=O) groups excluding carboxylic acids is 1. The first-order chi connectivity index (χ1) is 16.9. The number of rotatable bonds is 15. The molecule has 2 amide bonds. The Morgan fingerprint density at radius 1 is 0.886 bits per heavy atom. The molecule has 2 N–H and O–H groups in total. The average Bonchev–Trinajstić information content (AvgIpc) is 2.84. The molecule has 0 aliphatic carbocycles. The van der Waals surface area contributed by atoms with Gasteiger partial charge in [-0.3, -0.25) is 4.90 Å². The summed E-state index contributed by atoms with van der Waals surface area (Å²) in [4.78, 5) is 20.5. The minimum absolute atomic E-state index is 0.0390. The Hall–Kier alpha value is -1.63. The van der Waals surface area contributed by atoms with Gasteiger partial charge in [0.1, 0.15) is 0 Å². The summed E-state index contributed by atoms with van der Waals surface area (Å²) < 4.78 is 0. The number of hydrogen-bond donors (Lipinski definition) is 2. The Kier molecular flexibility index (Phi) is 13.7. The van der Waals surface area contributed by atoms with Gasteiger partial charge in [-0.1, -0.05) is 78.5 Å². The van der Waals surface area contributed by atoms with E-state index < -0.39 is 0 Å². The second-order valence-corrected chi connectivity index (χ2v) is 10.7. The van der Waals surface area contributed by atoms with Gasteiger partial charge in [-0.15, -0.1) is 0 Å². The predicted molar refractivity (Wildman–Crippen MR) is 149 cm³/mol. The van der Waals surface area contributed by atoms with Crippen molar-refractivity contribution in [2.75, 3.05) is 64.3 Å². The molecule has 6 heteroatoms. The molecule has 1 saturated heterocycles. The van der Waals surface area contributed by atoms with E-state index in [4.69, 9.17) is 5.11 Å². The first-order valence-corrected chi connectivity index (χ1v) is 14.1. The van der Waals surface area contributed by atoms with Gasteiger partial charge in [-0.05, 0) is 35.8 Å². The fraction of sp³-hybridized carbons (Fsp3) is 0.759. The topological polar surface area (TPSA) is 59.1 Å². The van der Waals surface area contributed by atoms with Crippen molar-refractivity contribution in [2.45, 2.75) is 85.0 Å². The molecular formula is C29H52N4O2. The molecule has 0 radical (unpaired) electrons. The average molecular weight is 489 g/mol. The number of aliphatic hydroxyl groups is 1. The van der Waals surface area contributed by atoms with E-state index in [0.717, 1.165) is 70.9 Å². The lowest BCUT2D eigenvalue weighted by Crippen LogP contribution is -2.49. The highest BCUT2D eigenvalue weighted by molar-refractivity contribution is 5.91. The highest BCUT2D eigenvalue weighted by Gasteiger charge is 2.22. The molecule has 0 bridgehead atoms. The second-order valence-electron chi connectivity index (χ2n) is 10.7. The van der Waals surface area contributed by atoms with Crippen LogP contribution >= 0.6 is 0 Å². The second kappa shape index (κ2) is 16.2. The number of carbonyl (C=O) groups is 1. The van der Waals surface area contributed by atoms with Crippen molar-refractivity contribution in [3.8, 4) is 0 Å². The summed E-state index contributed by atoms with van der Waals surface area (Å²) in [5.41, 5.74) is 3.44. The van der Waals surface area contributed by atoms with Crippen LogP contribution in [0, 0.1) is 0 Å². The number of anilines is 1. The van der Waals surface area contributed by atoms with Crippen molar-refractivity contribution in [2.24, 2.45) is 0 Å². The SMILES string of the molecule is CCCCCCCN(CCN1CCN(CCCO)CC1)C(=O)Nc1c(C(C)C)cccc1C(C)C. The molecule has 0 aromatic heterocycles. The van der Waals surface area contributed by atoms with E-state index in [2.05, 4.69) is 67.9 Å². The van der Waals surface area contributed by atoms with Crippen molar-refractivity contribution in [1.82, 2.24) is 14.7 Å². The van der Waals surface area contributed by atoms with E-state index in [9.17, 15) is 4.79 Å². The van der Waals surface area contributed by atoms with Crippen molar-refractivity contribution < 1.29 is 9.90 Å². The molecule has 200 valence electrons. The molecule has 6 nitrogen and oxygen atoms in total. The van der Waals surface area contributed by atoms with Crippen LogP contribution in [0.1, 0.15) is 96.1 Å². The molecule has 1 aliphatic heterocycles. The first-order valence-electron chi connectivity index (χ1n) is 14.1. The minimum Gasteiger partial charge on any atom is -0.396 e. The van der Waals surface area contributed by atoms with Gasteiger partial charge in [0.15, 0.2) is 0 Å². The number of hydrogen-bond acceptors (Lipinski definition) is 4. The Labute approximate surface area is 215 Å². The van der Waals surface area contributed by atoms with Crippen LogP contribution < -0.4 is 5.32 Å². The van der Waals surface area contributed by atoms with E-state index in [1.807, 2.05) is 4.90 Å². The van der Waals surface area contributed by atoms with Gasteiger partial charge in [0.05, 0.1) is 0 Å². The molecule has 1 aromatic carbocycles. The van der Waals surface area contributed by atoms with Gasteiger partial charge in [0.2, 0.25) is 0 Å². The Balaban J connectivity index is 2.03. The third-order valence-corrected chi connectivity index (χ3v) is 7.21. The Morgan fingerprint density at radius 3 is 2.00 bits per heavy atom. The third kappa shape index (κ3) is 10.1. The summed E-state index contributed by atoms with van der Waals surface area (Å²) in [7, 11) is 0. The maximum absolute atomic E-state index is 13.6. The fourth-order valence-corrected chi connectivity index (χ4v) is 4.90. The van der Waals surface area contributed by atoms with E-state index in [1.165, 1.54) is 36.8 Å². The first kappa shape index (κ1) is 29.6. The number of amides is 2. The lowest BCUT2D eigenvalue weighted by atomic mass is 9.93. The van der Waals surface area contributed by atoms with Crippen LogP contribution in [0.4, 0.5) is 10.5 Å². The highest BCUT2D eigenvalue weighted by atomic mass is 16.3. The summed E-state index contributed by atoms with van der Waals surface area (Å²) in [5.74, 6) is 0.710. The largest absolute Gasteiger partial charge is 0.396 e. The Morgan fingerprint density at radius 2 is 1.46 bits per heavy atom. The standard InChI is InChI=1S/C29H52N4O2/c1-6-7-8-9-10-16-33(22-21-32-19-17-31(18-20-32)15-12-23-34)29(35)30-28-26(24(2)3)13-11-14-27(28)25(4)5/h11,13-14,24-25,34H,6-10,12,15-23H2,1-5H3,(H,30,35). The number of aliphatic hydroxyl groups excluding tert-OH is 1. The zero-order chi connectivity index (χ0) is 25.6. The molecule has 0 saturated carbocycles. The van der Waals surface area contributed by atoms with Crippen molar-refractivity contribution in [3.05, 3.63) is 29.3 Å². The van der Waals surface area contributed by atoms with Crippen LogP contribution in [-0.4, -0.2) is 84.8 Å².